The van der Waals surface area contributed by atoms with E-state index in [4.69, 9.17) is 4.18 Å². The second kappa shape index (κ2) is 7.27. The first kappa shape index (κ1) is 19.6. The number of hydrogen-bond acceptors (Lipinski definition) is 6. The molecule has 0 aromatic heterocycles. The van der Waals surface area contributed by atoms with E-state index in [0.29, 0.717) is 3.57 Å². The standard InChI is InChI=1S/C12H7I3O6S2/c13-8-6-9(14)12(22(16,17)18)10(15)11(8)21-23(19,20)7-4-2-1-3-5-7/h1-6H,(H,16,17,18)/p-1. The maximum absolute atomic E-state index is 12.3. The lowest BCUT2D eigenvalue weighted by atomic mass is 10.3. The molecule has 0 aliphatic rings. The van der Waals surface area contributed by atoms with Gasteiger partial charge in [0.25, 0.3) is 0 Å². The van der Waals surface area contributed by atoms with Gasteiger partial charge in [-0.1, -0.05) is 18.2 Å². The smallest absolute Gasteiger partial charge is 0.339 e. The fourth-order valence-electron chi connectivity index (χ4n) is 1.61. The predicted molar refractivity (Wildman–Crippen MR) is 107 cm³/mol. The monoisotopic (exact) mass is 691 g/mol. The van der Waals surface area contributed by atoms with Crippen LogP contribution in [0.2, 0.25) is 0 Å². The van der Waals surface area contributed by atoms with E-state index in [1.165, 1.54) is 30.3 Å². The maximum atomic E-state index is 12.3. The third-order valence-electron chi connectivity index (χ3n) is 2.56. The normalized spacial score (nSPS) is 12.2. The van der Waals surface area contributed by atoms with Gasteiger partial charge in [0.1, 0.15) is 15.0 Å². The molecule has 6 nitrogen and oxygen atoms in total. The Hall–Kier alpha value is 0.290. The zero-order valence-electron chi connectivity index (χ0n) is 10.9. The summed E-state index contributed by atoms with van der Waals surface area (Å²) >= 11 is 5.13. The maximum Gasteiger partial charge on any atom is 0.339 e. The summed E-state index contributed by atoms with van der Waals surface area (Å²) in [4.78, 5) is -0.561. The van der Waals surface area contributed by atoms with Gasteiger partial charge in [0.05, 0.1) is 12.0 Å². The van der Waals surface area contributed by atoms with Crippen LogP contribution in [0.4, 0.5) is 0 Å². The molecule has 0 unspecified atom stereocenters. The van der Waals surface area contributed by atoms with E-state index in [9.17, 15) is 21.4 Å². The molecule has 0 amide bonds. The number of benzene rings is 2. The van der Waals surface area contributed by atoms with Gasteiger partial charge in [-0.15, -0.1) is 0 Å². The lowest BCUT2D eigenvalue weighted by Gasteiger charge is -2.17. The van der Waals surface area contributed by atoms with Gasteiger partial charge in [0.2, 0.25) is 0 Å². The van der Waals surface area contributed by atoms with Crippen LogP contribution in [-0.2, 0) is 20.2 Å². The summed E-state index contributed by atoms with van der Waals surface area (Å²) in [6.07, 6.45) is 0. The van der Waals surface area contributed by atoms with Gasteiger partial charge < -0.3 is 8.74 Å². The predicted octanol–water partition coefficient (Wildman–Crippen LogP) is 3.17. The first-order valence-corrected chi connectivity index (χ1v) is 11.7. The highest BCUT2D eigenvalue weighted by molar-refractivity contribution is 14.1. The number of hydrogen-bond donors (Lipinski definition) is 0. The van der Waals surface area contributed by atoms with Crippen molar-refractivity contribution in [1.29, 1.82) is 0 Å². The summed E-state index contributed by atoms with van der Waals surface area (Å²) in [5, 5.41) is 0. The van der Waals surface area contributed by atoms with Crippen LogP contribution in [0, 0.1) is 10.7 Å². The Kier molecular flexibility index (Phi) is 6.20. The molecule has 0 spiro atoms. The van der Waals surface area contributed by atoms with Crippen LogP contribution in [-0.4, -0.2) is 21.4 Å². The molecule has 0 bridgehead atoms. The van der Waals surface area contributed by atoms with E-state index >= 15 is 0 Å². The lowest BCUT2D eigenvalue weighted by molar-refractivity contribution is 0.457. The van der Waals surface area contributed by atoms with Crippen LogP contribution < -0.4 is 4.18 Å². The third kappa shape index (κ3) is 4.47. The van der Waals surface area contributed by atoms with Crippen LogP contribution in [0.5, 0.6) is 5.75 Å². The molecule has 0 radical (unpaired) electrons. The minimum atomic E-state index is -4.77. The molecular weight excluding hydrogens is 685 g/mol. The summed E-state index contributed by atoms with van der Waals surface area (Å²) in [6.45, 7) is 0. The Morgan fingerprint density at radius 1 is 0.913 bits per heavy atom. The molecule has 0 saturated carbocycles. The second-order valence-electron chi connectivity index (χ2n) is 4.12. The molecule has 0 atom stereocenters. The van der Waals surface area contributed by atoms with E-state index in [1.54, 1.807) is 51.2 Å². The van der Waals surface area contributed by atoms with Crippen molar-refractivity contribution >= 4 is 88.0 Å². The molecule has 0 saturated heterocycles. The fourth-order valence-corrected chi connectivity index (χ4v) is 8.70. The molecule has 124 valence electrons. The number of halogens is 3. The second-order valence-corrected chi connectivity index (χ2v) is 10.4. The van der Waals surface area contributed by atoms with Crippen LogP contribution in [0.15, 0.2) is 46.2 Å². The molecule has 0 heterocycles. The average molecular weight is 691 g/mol. The zero-order chi connectivity index (χ0) is 17.4. The highest BCUT2D eigenvalue weighted by atomic mass is 127. The van der Waals surface area contributed by atoms with Crippen molar-refractivity contribution in [2.45, 2.75) is 9.79 Å². The minimum Gasteiger partial charge on any atom is -0.744 e. The van der Waals surface area contributed by atoms with Gasteiger partial charge in [0.15, 0.2) is 5.75 Å². The highest BCUT2D eigenvalue weighted by Gasteiger charge is 2.25. The zero-order valence-corrected chi connectivity index (χ0v) is 19.0. The largest absolute Gasteiger partial charge is 0.744 e. The van der Waals surface area contributed by atoms with E-state index in [1.807, 2.05) is 22.6 Å². The first-order valence-electron chi connectivity index (χ1n) is 5.67. The van der Waals surface area contributed by atoms with E-state index < -0.39 is 25.1 Å². The van der Waals surface area contributed by atoms with E-state index in [2.05, 4.69) is 0 Å². The molecule has 23 heavy (non-hydrogen) atoms. The molecule has 0 fully saturated rings. The van der Waals surface area contributed by atoms with Crippen LogP contribution in [0.3, 0.4) is 0 Å². The van der Waals surface area contributed by atoms with Crippen LogP contribution in [0.1, 0.15) is 0 Å². The minimum absolute atomic E-state index is 0.0617. The van der Waals surface area contributed by atoms with Gasteiger partial charge in [-0.25, -0.2) is 8.42 Å². The Morgan fingerprint density at radius 2 is 1.48 bits per heavy atom. The van der Waals surface area contributed by atoms with Crippen molar-refractivity contribution in [3.05, 3.63) is 47.1 Å². The SMILES string of the molecule is O=S(=O)([O-])c1c(I)cc(I)c(OS(=O)(=O)c2ccccc2)c1I. The molecule has 0 aliphatic heterocycles. The molecule has 0 N–H and O–H groups in total. The Bertz CT molecular complexity index is 956. The Balaban J connectivity index is 2.62. The Labute approximate surface area is 174 Å². The van der Waals surface area contributed by atoms with Crippen molar-refractivity contribution in [2.24, 2.45) is 0 Å². The molecule has 2 rings (SSSR count). The van der Waals surface area contributed by atoms with Crippen molar-refractivity contribution in [3.8, 4) is 5.75 Å². The summed E-state index contributed by atoms with van der Waals surface area (Å²) in [7, 11) is -8.91. The lowest BCUT2D eigenvalue weighted by Crippen LogP contribution is -2.14. The summed E-state index contributed by atoms with van der Waals surface area (Å²) in [5.41, 5.74) is 0. The van der Waals surface area contributed by atoms with Crippen LogP contribution in [0.25, 0.3) is 0 Å². The van der Waals surface area contributed by atoms with Crippen molar-refractivity contribution in [1.82, 2.24) is 0 Å². The summed E-state index contributed by atoms with van der Waals surface area (Å²) in [6, 6.07) is 8.81. The molecule has 0 aliphatic carbocycles. The van der Waals surface area contributed by atoms with Gasteiger partial charge >= 0.3 is 10.1 Å². The topological polar surface area (TPSA) is 101 Å². The van der Waals surface area contributed by atoms with Gasteiger partial charge in [-0.3, -0.25) is 0 Å². The molecule has 11 heteroatoms. The molecule has 2 aromatic rings. The fraction of sp³-hybridized carbons (Fsp3) is 0. The van der Waals surface area contributed by atoms with Gasteiger partial charge in [-0.2, -0.15) is 8.42 Å². The van der Waals surface area contributed by atoms with Gasteiger partial charge in [-0.05, 0) is 86.0 Å². The van der Waals surface area contributed by atoms with Crippen molar-refractivity contribution < 1.29 is 25.6 Å². The number of rotatable bonds is 4. The summed E-state index contributed by atoms with van der Waals surface area (Å²) < 4.78 is 64.4. The van der Waals surface area contributed by atoms with Crippen molar-refractivity contribution in [2.75, 3.05) is 0 Å². The average Bonchev–Trinajstić information content (AvgIpc) is 2.42. The highest BCUT2D eigenvalue weighted by Crippen LogP contribution is 2.37. The molecule has 2 aromatic carbocycles. The Morgan fingerprint density at radius 3 is 2.00 bits per heavy atom. The summed E-state index contributed by atoms with van der Waals surface area (Å²) in [5.74, 6) is -0.176. The van der Waals surface area contributed by atoms with Crippen LogP contribution >= 0.6 is 67.8 Å². The van der Waals surface area contributed by atoms with E-state index in [-0.39, 0.29) is 17.8 Å². The van der Waals surface area contributed by atoms with Gasteiger partial charge in [0, 0.05) is 3.57 Å². The quantitative estimate of drug-likeness (QED) is 0.278. The van der Waals surface area contributed by atoms with Crippen molar-refractivity contribution in [3.63, 3.8) is 0 Å². The molecular formula is C12H6I3O6S2-. The first-order chi connectivity index (χ1) is 10.5. The third-order valence-corrected chi connectivity index (χ3v) is 8.13. The van der Waals surface area contributed by atoms with E-state index in [0.717, 1.165) is 0 Å².